The predicted octanol–water partition coefficient (Wildman–Crippen LogP) is 0.921. The predicted molar refractivity (Wildman–Crippen MR) is 103 cm³/mol. The van der Waals surface area contributed by atoms with Crippen molar-refractivity contribution in [3.8, 4) is 0 Å². The van der Waals surface area contributed by atoms with Crippen LogP contribution in [0.15, 0.2) is 16.3 Å². The molecule has 0 atom stereocenters. The van der Waals surface area contributed by atoms with Crippen LogP contribution in [-0.4, -0.2) is 18.1 Å². The van der Waals surface area contributed by atoms with Crippen LogP contribution < -0.4 is 24.8 Å². The second-order valence-electron chi connectivity index (χ2n) is 9.61. The summed E-state index contributed by atoms with van der Waals surface area (Å²) in [6.07, 6.45) is 3.92. The summed E-state index contributed by atoms with van der Waals surface area (Å²) in [7, 11) is -1.63. The summed E-state index contributed by atoms with van der Waals surface area (Å²) in [6, 6.07) is 0. The van der Waals surface area contributed by atoms with E-state index < -0.39 is 7.74 Å². The Bertz CT molecular complexity index is 480. The first-order chi connectivity index (χ1) is 9.03. The van der Waals surface area contributed by atoms with E-state index in [1.807, 2.05) is 0 Å². The molecular weight excluding hydrogens is 410 g/mol. The van der Waals surface area contributed by atoms with Gasteiger partial charge in [0, 0.05) is 0 Å². The monoisotopic (exact) mass is 445 g/mol. The van der Waals surface area contributed by atoms with Crippen LogP contribution in [0.3, 0.4) is 0 Å². The van der Waals surface area contributed by atoms with Crippen LogP contribution in [0.1, 0.15) is 69.2 Å². The van der Waals surface area contributed by atoms with Gasteiger partial charge in [-0.15, -0.1) is 14.4 Å². The van der Waals surface area contributed by atoms with E-state index in [0.717, 1.165) is 0 Å². The van der Waals surface area contributed by atoms with Gasteiger partial charge in [-0.3, -0.25) is 6.08 Å². The molecule has 5 heteroatoms. The number of hydrogen-bond donors (Lipinski definition) is 0. The fourth-order valence-electron chi connectivity index (χ4n) is 4.56. The largest absolute Gasteiger partial charge is 3.00 e. The third kappa shape index (κ3) is 5.87. The molecule has 0 aromatic heterocycles. The zero-order valence-electron chi connectivity index (χ0n) is 17.6. The Labute approximate surface area is 177 Å². The zero-order valence-corrected chi connectivity index (χ0v) is 22.3. The maximum Gasteiger partial charge on any atom is 3.00 e. The Morgan fingerprint density at radius 3 is 1.42 bits per heavy atom. The molecule has 0 aromatic carbocycles. The van der Waals surface area contributed by atoms with Crippen LogP contribution in [0.4, 0.5) is 0 Å². The molecule has 0 nitrogen and oxygen atoms in total. The van der Waals surface area contributed by atoms with Crippen molar-refractivity contribution in [2.24, 2.45) is 5.41 Å². The first-order valence-electron chi connectivity index (χ1n) is 8.17. The van der Waals surface area contributed by atoms with Gasteiger partial charge in [0.25, 0.3) is 0 Å². The first-order valence-corrected chi connectivity index (χ1v) is 13.4. The third-order valence-electron chi connectivity index (χ3n) is 4.82. The van der Waals surface area contributed by atoms with E-state index in [9.17, 15) is 0 Å². The van der Waals surface area contributed by atoms with E-state index in [1.54, 1.807) is 5.20 Å². The average molecular weight is 446 g/mol. The van der Waals surface area contributed by atoms with E-state index in [4.69, 9.17) is 0 Å². The molecule has 1 radical (unpaired) electrons. The van der Waals surface area contributed by atoms with Crippen molar-refractivity contribution in [1.29, 1.82) is 0 Å². The summed E-state index contributed by atoms with van der Waals surface area (Å²) in [6.45, 7) is 29.2. The van der Waals surface area contributed by atoms with Crippen LogP contribution in [-0.2, 0) is 17.4 Å². The minimum absolute atomic E-state index is 0. The topological polar surface area (TPSA) is 0 Å². The number of allylic oxidation sites excluding steroid dienone is 4. The van der Waals surface area contributed by atoms with Gasteiger partial charge in [0.1, 0.15) is 0 Å². The second kappa shape index (κ2) is 8.95. The molecule has 24 heavy (non-hydrogen) atoms. The molecule has 0 aliphatic heterocycles. The van der Waals surface area contributed by atoms with Gasteiger partial charge in [-0.2, -0.15) is 5.57 Å². The first kappa shape index (κ1) is 30.0. The molecule has 1 aliphatic carbocycles. The van der Waals surface area contributed by atoms with Crippen LogP contribution in [0.2, 0.25) is 13.1 Å². The molecule has 0 saturated carbocycles. The molecule has 1 rings (SSSR count). The van der Waals surface area contributed by atoms with Crippen molar-refractivity contribution in [3.05, 3.63) is 22.4 Å². The Balaban J connectivity index is -0.00000147. The Kier molecular flexibility index (Phi) is 11.2. The van der Waals surface area contributed by atoms with Crippen molar-refractivity contribution >= 4 is 15.2 Å². The quantitative estimate of drug-likeness (QED) is 0.336. The van der Waals surface area contributed by atoms with Gasteiger partial charge in [-0.05, 0) is 10.3 Å². The standard InChI is InChI=1S/C19H36PSi.2ClH.Cr/c1-14-15(2)19(9,10)13-16(14)21(11,12)20(17(3,4)5)18(6,7)8;;;/h1-12H3;2*1H;/q-1;;;+3/p-2. The van der Waals surface area contributed by atoms with E-state index in [2.05, 4.69) is 88.4 Å². The van der Waals surface area contributed by atoms with Crippen LogP contribution in [0.25, 0.3) is 0 Å². The summed E-state index contributed by atoms with van der Waals surface area (Å²) in [5.41, 5.74) is 3.19. The molecule has 0 amide bonds. The van der Waals surface area contributed by atoms with Gasteiger partial charge < -0.3 is 24.8 Å². The number of hydrogen-bond acceptors (Lipinski definition) is 0. The molecule has 1 aliphatic rings. The normalized spacial score (nSPS) is 17.8. The van der Waals surface area contributed by atoms with Crippen molar-refractivity contribution in [3.63, 3.8) is 0 Å². The molecule has 141 valence electrons. The van der Waals surface area contributed by atoms with Crippen LogP contribution in [0.5, 0.6) is 0 Å². The summed E-state index contributed by atoms with van der Waals surface area (Å²) in [4.78, 5) is 0. The van der Waals surface area contributed by atoms with Gasteiger partial charge >= 0.3 is 17.4 Å². The summed E-state index contributed by atoms with van der Waals surface area (Å²) < 4.78 is 0. The second-order valence-corrected chi connectivity index (χ2v) is 21.3. The fraction of sp³-hybridized carbons (Fsp3) is 0.789. The van der Waals surface area contributed by atoms with Crippen molar-refractivity contribution in [2.45, 2.75) is 92.6 Å². The van der Waals surface area contributed by atoms with Crippen LogP contribution in [0, 0.1) is 11.5 Å². The van der Waals surface area contributed by atoms with Gasteiger partial charge in [-0.25, -0.2) is 10.8 Å². The average Bonchev–Trinajstić information content (AvgIpc) is 2.37. The van der Waals surface area contributed by atoms with Crippen molar-refractivity contribution in [1.82, 2.24) is 0 Å². The molecule has 0 spiro atoms. The van der Waals surface area contributed by atoms with Gasteiger partial charge in [-0.1, -0.05) is 80.8 Å². The smallest absolute Gasteiger partial charge is 1.00 e. The molecule has 0 unspecified atom stereocenters. The summed E-state index contributed by atoms with van der Waals surface area (Å²) in [5.74, 6) is 0. The molecular formula is C19H36Cl2CrPSi. The minimum atomic E-state index is -1.55. The molecule has 0 saturated heterocycles. The molecule has 0 N–H and O–H groups in total. The Morgan fingerprint density at radius 2 is 1.21 bits per heavy atom. The molecule has 0 fully saturated rings. The van der Waals surface area contributed by atoms with Gasteiger partial charge in [0.2, 0.25) is 0 Å². The van der Waals surface area contributed by atoms with E-state index >= 15 is 0 Å². The molecule has 0 heterocycles. The molecule has 0 aromatic rings. The Hall–Kier alpha value is 1.24. The Morgan fingerprint density at radius 1 is 0.875 bits per heavy atom. The minimum Gasteiger partial charge on any atom is -1.00 e. The van der Waals surface area contributed by atoms with Crippen molar-refractivity contribution in [2.75, 3.05) is 0 Å². The number of halogens is 2. The maximum atomic E-state index is 3.92. The van der Waals surface area contributed by atoms with Crippen LogP contribution >= 0.6 is 7.47 Å². The van der Waals surface area contributed by atoms with Gasteiger partial charge in [0.05, 0.1) is 7.74 Å². The maximum absolute atomic E-state index is 3.92. The van der Waals surface area contributed by atoms with E-state index in [0.29, 0.717) is 10.3 Å². The third-order valence-corrected chi connectivity index (χ3v) is 18.4. The van der Waals surface area contributed by atoms with Crippen molar-refractivity contribution < 1.29 is 42.2 Å². The SMILES string of the molecule is CC1=C(C)C(C)(C)[C-]=C1[Si](C)(C)P(C(C)(C)C)C(C)(C)C.[Cl-].[Cl-].[Cr+3]. The summed E-state index contributed by atoms with van der Waals surface area (Å²) >= 11 is 0. The van der Waals surface area contributed by atoms with Gasteiger partial charge in [0.15, 0.2) is 0 Å². The fourth-order valence-corrected chi connectivity index (χ4v) is 23.3. The number of rotatable bonds is 2. The van der Waals surface area contributed by atoms with E-state index in [-0.39, 0.29) is 55.1 Å². The molecule has 0 bridgehead atoms. The zero-order chi connectivity index (χ0) is 17.0. The summed E-state index contributed by atoms with van der Waals surface area (Å²) in [5, 5.41) is 2.39. The van der Waals surface area contributed by atoms with E-state index in [1.165, 1.54) is 11.1 Å².